The predicted octanol–water partition coefficient (Wildman–Crippen LogP) is 6.23. The van der Waals surface area contributed by atoms with Gasteiger partial charge >= 0.3 is 5.97 Å². The summed E-state index contributed by atoms with van der Waals surface area (Å²) in [6, 6.07) is 18.7. The Kier molecular flexibility index (Phi) is 6.45. The van der Waals surface area contributed by atoms with Crippen molar-refractivity contribution in [3.05, 3.63) is 83.2 Å². The van der Waals surface area contributed by atoms with Crippen molar-refractivity contribution >= 4 is 5.97 Å². The third-order valence-electron chi connectivity index (χ3n) is 6.07. The van der Waals surface area contributed by atoms with E-state index in [4.69, 9.17) is 14.2 Å². The highest BCUT2D eigenvalue weighted by molar-refractivity contribution is 5.70. The molecule has 0 amide bonds. The van der Waals surface area contributed by atoms with Gasteiger partial charge in [-0.15, -0.1) is 0 Å². The Labute approximate surface area is 187 Å². The van der Waals surface area contributed by atoms with Crippen molar-refractivity contribution in [3.63, 3.8) is 0 Å². The van der Waals surface area contributed by atoms with Gasteiger partial charge in [-0.1, -0.05) is 43.3 Å². The Hall–Kier alpha value is -3.34. The lowest BCUT2D eigenvalue weighted by Gasteiger charge is -2.27. The molecule has 166 valence electrons. The number of hydrogen-bond donors (Lipinski definition) is 0. The molecule has 0 saturated heterocycles. The van der Waals surface area contributed by atoms with E-state index in [-0.39, 0.29) is 23.8 Å². The average molecular weight is 435 g/mol. The Balaban J connectivity index is 1.52. The molecule has 0 spiro atoms. The second-order valence-corrected chi connectivity index (χ2v) is 8.16. The molecule has 1 aliphatic heterocycles. The third-order valence-corrected chi connectivity index (χ3v) is 6.07. The molecule has 0 bridgehead atoms. The summed E-state index contributed by atoms with van der Waals surface area (Å²) in [6.07, 6.45) is 2.05. The molecular weight excluding hydrogens is 407 g/mol. The van der Waals surface area contributed by atoms with E-state index >= 15 is 0 Å². The number of esters is 1. The van der Waals surface area contributed by atoms with Gasteiger partial charge in [-0.2, -0.15) is 0 Å². The number of carbonyl (C=O) groups excluding carboxylic acids is 1. The van der Waals surface area contributed by atoms with Crippen molar-refractivity contribution in [2.45, 2.75) is 38.2 Å². The van der Waals surface area contributed by atoms with E-state index < -0.39 is 0 Å². The second kappa shape index (κ2) is 9.43. The molecule has 3 aromatic rings. The van der Waals surface area contributed by atoms with E-state index in [0.29, 0.717) is 17.7 Å². The number of fused-ring (bicyclic) bond motifs is 1. The fourth-order valence-corrected chi connectivity index (χ4v) is 4.11. The lowest BCUT2D eigenvalue weighted by molar-refractivity contribution is -0.140. The highest BCUT2D eigenvalue weighted by atomic mass is 19.1. The molecule has 1 aliphatic rings. The topological polar surface area (TPSA) is 44.8 Å². The van der Waals surface area contributed by atoms with Crippen LogP contribution in [0.25, 0.3) is 11.1 Å². The summed E-state index contributed by atoms with van der Waals surface area (Å²) < 4.78 is 30.7. The second-order valence-electron chi connectivity index (χ2n) is 8.16. The number of rotatable bonds is 6. The molecular formula is C27H27FO4. The molecule has 4 nitrogen and oxygen atoms in total. The Bertz CT molecular complexity index is 1110. The molecule has 2 atom stereocenters. The SMILES string of the molecule is COC(=O)C[C@@H](C)c1ccc2c(c1)O[C@H](c1ccc(-c3cc(OC)ccc3F)cc1)CC2. The van der Waals surface area contributed by atoms with Gasteiger partial charge in [-0.25, -0.2) is 4.39 Å². The number of hydrogen-bond acceptors (Lipinski definition) is 4. The van der Waals surface area contributed by atoms with Gasteiger partial charge in [0.2, 0.25) is 0 Å². The van der Waals surface area contributed by atoms with Crippen molar-refractivity contribution in [3.8, 4) is 22.6 Å². The van der Waals surface area contributed by atoms with E-state index in [9.17, 15) is 9.18 Å². The highest BCUT2D eigenvalue weighted by Gasteiger charge is 2.23. The zero-order valence-corrected chi connectivity index (χ0v) is 18.6. The van der Waals surface area contributed by atoms with Crippen molar-refractivity contribution in [1.82, 2.24) is 0 Å². The molecule has 5 heteroatoms. The van der Waals surface area contributed by atoms with Gasteiger partial charge in [0.1, 0.15) is 23.4 Å². The number of aryl methyl sites for hydroxylation is 1. The van der Waals surface area contributed by atoms with Gasteiger partial charge in [-0.05, 0) is 65.3 Å². The molecule has 32 heavy (non-hydrogen) atoms. The first-order chi connectivity index (χ1) is 15.5. The van der Waals surface area contributed by atoms with Gasteiger partial charge in [0.15, 0.2) is 0 Å². The van der Waals surface area contributed by atoms with Crippen LogP contribution in [0.5, 0.6) is 11.5 Å². The van der Waals surface area contributed by atoms with Crippen LogP contribution in [-0.4, -0.2) is 20.2 Å². The lowest BCUT2D eigenvalue weighted by atomic mass is 9.92. The van der Waals surface area contributed by atoms with Crippen molar-refractivity contribution in [2.24, 2.45) is 0 Å². The fraction of sp³-hybridized carbons (Fsp3) is 0.296. The quantitative estimate of drug-likeness (QED) is 0.431. The van der Waals surface area contributed by atoms with Gasteiger partial charge < -0.3 is 14.2 Å². The van der Waals surface area contributed by atoms with E-state index in [2.05, 4.69) is 12.1 Å². The summed E-state index contributed by atoms with van der Waals surface area (Å²) >= 11 is 0. The van der Waals surface area contributed by atoms with E-state index in [1.54, 1.807) is 19.2 Å². The molecule has 0 unspecified atom stereocenters. The molecule has 0 radical (unpaired) electrons. The monoisotopic (exact) mass is 434 g/mol. The summed E-state index contributed by atoms with van der Waals surface area (Å²) in [7, 11) is 2.98. The van der Waals surface area contributed by atoms with E-state index in [1.165, 1.54) is 18.7 Å². The van der Waals surface area contributed by atoms with Crippen molar-refractivity contribution < 1.29 is 23.4 Å². The largest absolute Gasteiger partial charge is 0.497 e. The zero-order valence-electron chi connectivity index (χ0n) is 18.6. The standard InChI is InChI=1S/C27H27FO4/c1-17(14-27(29)31-3)21-9-8-20-10-13-25(32-26(20)15-21)19-6-4-18(5-7-19)23-16-22(30-2)11-12-24(23)28/h4-9,11-12,15-17,25H,10,13-14H2,1-3H3/t17-,25+/m1/s1. The van der Waals surface area contributed by atoms with E-state index in [1.807, 2.05) is 37.3 Å². The minimum Gasteiger partial charge on any atom is -0.497 e. The smallest absolute Gasteiger partial charge is 0.306 e. The van der Waals surface area contributed by atoms with Gasteiger partial charge in [0, 0.05) is 5.56 Å². The first-order valence-electron chi connectivity index (χ1n) is 10.8. The van der Waals surface area contributed by atoms with E-state index in [0.717, 1.165) is 35.3 Å². The lowest BCUT2D eigenvalue weighted by Crippen LogP contribution is -2.15. The third kappa shape index (κ3) is 4.62. The first-order valence-corrected chi connectivity index (χ1v) is 10.8. The van der Waals surface area contributed by atoms with Crippen LogP contribution in [0, 0.1) is 5.82 Å². The Morgan fingerprint density at radius 3 is 2.59 bits per heavy atom. The fourth-order valence-electron chi connectivity index (χ4n) is 4.11. The van der Waals surface area contributed by atoms with Crippen molar-refractivity contribution in [2.75, 3.05) is 14.2 Å². The molecule has 4 rings (SSSR count). The molecule has 0 aliphatic carbocycles. The summed E-state index contributed by atoms with van der Waals surface area (Å²) in [5.41, 5.74) is 4.58. The van der Waals surface area contributed by atoms with Gasteiger partial charge in [0.05, 0.1) is 20.6 Å². The summed E-state index contributed by atoms with van der Waals surface area (Å²) in [5, 5.41) is 0. The van der Waals surface area contributed by atoms with Crippen LogP contribution >= 0.6 is 0 Å². The first kappa shape index (κ1) is 21.9. The number of benzene rings is 3. The van der Waals surface area contributed by atoms with Crippen molar-refractivity contribution in [1.29, 1.82) is 0 Å². The van der Waals surface area contributed by atoms with Crippen LogP contribution < -0.4 is 9.47 Å². The summed E-state index contributed by atoms with van der Waals surface area (Å²) in [6.45, 7) is 2.01. The van der Waals surface area contributed by atoms with Gasteiger partial charge in [-0.3, -0.25) is 4.79 Å². The Morgan fingerprint density at radius 1 is 1.09 bits per heavy atom. The van der Waals surface area contributed by atoms with Crippen LogP contribution in [0.15, 0.2) is 60.7 Å². The zero-order chi connectivity index (χ0) is 22.7. The van der Waals surface area contributed by atoms with Crippen LogP contribution in [0.1, 0.15) is 48.5 Å². The average Bonchev–Trinajstić information content (AvgIpc) is 2.83. The van der Waals surface area contributed by atoms with Crippen LogP contribution in [0.2, 0.25) is 0 Å². The summed E-state index contributed by atoms with van der Waals surface area (Å²) in [4.78, 5) is 11.6. The summed E-state index contributed by atoms with van der Waals surface area (Å²) in [5.74, 6) is 1.03. The maximum absolute atomic E-state index is 14.3. The highest BCUT2D eigenvalue weighted by Crippen LogP contribution is 2.38. The molecule has 0 fully saturated rings. The molecule has 0 N–H and O–H groups in total. The molecule has 1 heterocycles. The number of carbonyl (C=O) groups is 1. The van der Waals surface area contributed by atoms with Crippen LogP contribution in [0.4, 0.5) is 4.39 Å². The number of halogens is 1. The predicted molar refractivity (Wildman–Crippen MR) is 122 cm³/mol. The van der Waals surface area contributed by atoms with Crippen LogP contribution in [-0.2, 0) is 16.0 Å². The minimum absolute atomic E-state index is 0.0498. The maximum atomic E-state index is 14.3. The normalized spacial score (nSPS) is 15.9. The Morgan fingerprint density at radius 2 is 1.88 bits per heavy atom. The van der Waals surface area contributed by atoms with Crippen LogP contribution in [0.3, 0.4) is 0 Å². The molecule has 0 aromatic heterocycles. The minimum atomic E-state index is -0.282. The van der Waals surface area contributed by atoms with Gasteiger partial charge in [0.25, 0.3) is 0 Å². The number of methoxy groups -OCH3 is 2. The number of ether oxygens (including phenoxy) is 3. The molecule has 0 saturated carbocycles. The molecule has 3 aromatic carbocycles. The maximum Gasteiger partial charge on any atom is 0.306 e.